The molecule has 0 aliphatic carbocycles. The maximum absolute atomic E-state index is 12.7. The van der Waals surface area contributed by atoms with Crippen molar-refractivity contribution in [3.8, 4) is 0 Å². The van der Waals surface area contributed by atoms with E-state index in [2.05, 4.69) is 10.6 Å². The van der Waals surface area contributed by atoms with Crippen molar-refractivity contribution in [1.82, 2.24) is 0 Å². The van der Waals surface area contributed by atoms with Gasteiger partial charge in [-0.2, -0.15) is 0 Å². The molecule has 2 amide bonds. The number of para-hydroxylation sites is 1. The van der Waals surface area contributed by atoms with Gasteiger partial charge >= 0.3 is 11.9 Å². The molecule has 1 unspecified atom stereocenters. The molecule has 0 saturated carbocycles. The van der Waals surface area contributed by atoms with Gasteiger partial charge < -0.3 is 20.8 Å². The first kappa shape index (κ1) is 24.5. The number of nitrogens with one attached hydrogen (secondary N) is 2. The first-order valence-electron chi connectivity index (χ1n) is 10.2. The summed E-state index contributed by atoms with van der Waals surface area (Å²) in [4.78, 5) is 48.7. The van der Waals surface area contributed by atoms with E-state index in [4.69, 9.17) is 5.11 Å². The number of thioether (sulfide) groups is 1. The van der Waals surface area contributed by atoms with E-state index in [1.165, 1.54) is 23.9 Å². The number of rotatable bonds is 8. The van der Waals surface area contributed by atoms with Crippen LogP contribution in [-0.4, -0.2) is 39.2 Å². The van der Waals surface area contributed by atoms with Crippen LogP contribution in [0, 0.1) is 6.92 Å². The minimum atomic E-state index is -1.41. The van der Waals surface area contributed by atoms with Gasteiger partial charge in [-0.3, -0.25) is 9.59 Å². The summed E-state index contributed by atoms with van der Waals surface area (Å²) in [5.74, 6) is -3.56. The van der Waals surface area contributed by atoms with E-state index in [0.717, 1.165) is 22.2 Å². The summed E-state index contributed by atoms with van der Waals surface area (Å²) in [5, 5.41) is 23.6. The number of carbonyl (C=O) groups excluding carboxylic acids is 2. The molecule has 4 N–H and O–H groups in total. The number of benzene rings is 3. The average Bonchev–Trinajstić information content (AvgIpc) is 2.80. The fraction of sp³-hybridized carbons (Fsp3) is 0.120. The molecule has 3 rings (SSSR count). The lowest BCUT2D eigenvalue weighted by Gasteiger charge is -2.14. The summed E-state index contributed by atoms with van der Waals surface area (Å²) in [5.41, 5.74) is 1.29. The van der Waals surface area contributed by atoms with Crippen molar-refractivity contribution in [2.75, 3.05) is 10.6 Å². The van der Waals surface area contributed by atoms with Crippen LogP contribution in [0.15, 0.2) is 71.6 Å². The number of anilines is 2. The number of carbonyl (C=O) groups is 4. The highest BCUT2D eigenvalue weighted by Crippen LogP contribution is 2.27. The van der Waals surface area contributed by atoms with Crippen molar-refractivity contribution in [3.05, 3.63) is 89.0 Å². The lowest BCUT2D eigenvalue weighted by molar-refractivity contribution is -0.115. The predicted molar refractivity (Wildman–Crippen MR) is 130 cm³/mol. The number of hydrogen-bond acceptors (Lipinski definition) is 5. The van der Waals surface area contributed by atoms with Gasteiger partial charge in [0.1, 0.15) is 0 Å². The van der Waals surface area contributed by atoms with E-state index in [1.54, 1.807) is 31.2 Å². The van der Waals surface area contributed by atoms with Gasteiger partial charge in [-0.25, -0.2) is 9.59 Å². The zero-order valence-electron chi connectivity index (χ0n) is 18.4. The molecule has 0 radical (unpaired) electrons. The summed E-state index contributed by atoms with van der Waals surface area (Å²) in [7, 11) is 0. The molecule has 0 saturated heterocycles. The van der Waals surface area contributed by atoms with Crippen LogP contribution >= 0.6 is 11.8 Å². The molecule has 0 aliphatic heterocycles. The Balaban J connectivity index is 1.71. The van der Waals surface area contributed by atoms with Crippen LogP contribution in [0.1, 0.15) is 43.6 Å². The second-order valence-electron chi connectivity index (χ2n) is 7.42. The molecule has 1 atom stereocenters. The van der Waals surface area contributed by atoms with Crippen molar-refractivity contribution in [2.24, 2.45) is 0 Å². The third-order valence-electron chi connectivity index (χ3n) is 4.92. The van der Waals surface area contributed by atoms with E-state index < -0.39 is 28.7 Å². The summed E-state index contributed by atoms with van der Waals surface area (Å²) in [6, 6.07) is 17.6. The maximum Gasteiger partial charge on any atom is 0.336 e. The molecule has 34 heavy (non-hydrogen) atoms. The minimum Gasteiger partial charge on any atom is -0.478 e. The number of aromatic carboxylic acids is 2. The number of aryl methyl sites for hydroxylation is 1. The SMILES string of the molecule is Cc1ccccc1NC(=O)C(C)Sc1cccc(NC(=O)c2ccc(C(=O)O)cc2C(=O)O)c1. The summed E-state index contributed by atoms with van der Waals surface area (Å²) >= 11 is 1.30. The minimum absolute atomic E-state index is 0.165. The fourth-order valence-electron chi connectivity index (χ4n) is 3.10. The van der Waals surface area contributed by atoms with Crippen molar-refractivity contribution < 1.29 is 29.4 Å². The number of carboxylic acids is 2. The van der Waals surface area contributed by atoms with Crippen molar-refractivity contribution >= 4 is 46.9 Å². The number of amides is 2. The highest BCUT2D eigenvalue weighted by molar-refractivity contribution is 8.00. The Hall–Kier alpha value is -4.11. The molecule has 0 aromatic heterocycles. The lowest BCUT2D eigenvalue weighted by atomic mass is 10.0. The standard InChI is InChI=1S/C25H22N2O6S/c1-14-6-3-4-9-21(14)27-22(28)15(2)34-18-8-5-7-17(13-18)26-23(29)19-11-10-16(24(30)31)12-20(19)25(32)33/h3-13,15H,1-2H3,(H,26,29)(H,27,28)(H,30,31)(H,32,33). The van der Waals surface area contributed by atoms with Gasteiger partial charge in [0.25, 0.3) is 5.91 Å². The number of hydrogen-bond donors (Lipinski definition) is 4. The van der Waals surface area contributed by atoms with E-state index in [9.17, 15) is 24.3 Å². The quantitative estimate of drug-likeness (QED) is 0.343. The smallest absolute Gasteiger partial charge is 0.336 e. The van der Waals surface area contributed by atoms with Crippen LogP contribution in [0.25, 0.3) is 0 Å². The average molecular weight is 479 g/mol. The second kappa shape index (κ2) is 10.7. The molecular formula is C25H22N2O6S. The number of carboxylic acid groups (broad SMARTS) is 2. The Kier molecular flexibility index (Phi) is 7.70. The largest absolute Gasteiger partial charge is 0.478 e. The highest BCUT2D eigenvalue weighted by Gasteiger charge is 2.20. The summed E-state index contributed by atoms with van der Waals surface area (Å²) in [6.07, 6.45) is 0. The van der Waals surface area contributed by atoms with Crippen LogP contribution < -0.4 is 10.6 Å². The van der Waals surface area contributed by atoms with E-state index in [0.29, 0.717) is 5.69 Å². The Bertz CT molecular complexity index is 1270. The third-order valence-corrected chi connectivity index (χ3v) is 6.01. The molecule has 3 aromatic rings. The van der Waals surface area contributed by atoms with Crippen molar-refractivity contribution in [2.45, 2.75) is 24.0 Å². The zero-order valence-corrected chi connectivity index (χ0v) is 19.2. The van der Waals surface area contributed by atoms with Gasteiger partial charge in [-0.05, 0) is 61.9 Å². The summed E-state index contributed by atoms with van der Waals surface area (Å²) < 4.78 is 0. The van der Waals surface area contributed by atoms with Gasteiger partial charge in [0.2, 0.25) is 5.91 Å². The molecule has 174 valence electrons. The molecule has 0 fully saturated rings. The monoisotopic (exact) mass is 478 g/mol. The molecule has 0 bridgehead atoms. The van der Waals surface area contributed by atoms with Gasteiger partial charge in [-0.15, -0.1) is 11.8 Å². The van der Waals surface area contributed by atoms with Crippen LogP contribution in [0.3, 0.4) is 0 Å². The first-order valence-corrected chi connectivity index (χ1v) is 11.1. The Morgan fingerprint density at radius 2 is 1.56 bits per heavy atom. The molecule has 9 heteroatoms. The van der Waals surface area contributed by atoms with Crippen LogP contribution in [0.5, 0.6) is 0 Å². The Labute approximate surface area is 200 Å². The Morgan fingerprint density at radius 3 is 2.24 bits per heavy atom. The van der Waals surface area contributed by atoms with E-state index >= 15 is 0 Å². The first-order chi connectivity index (χ1) is 16.2. The topological polar surface area (TPSA) is 133 Å². The van der Waals surface area contributed by atoms with Gasteiger partial charge in [0.15, 0.2) is 0 Å². The van der Waals surface area contributed by atoms with Gasteiger partial charge in [0, 0.05) is 16.3 Å². The van der Waals surface area contributed by atoms with Crippen LogP contribution in [-0.2, 0) is 4.79 Å². The lowest BCUT2D eigenvalue weighted by Crippen LogP contribution is -2.22. The fourth-order valence-corrected chi connectivity index (χ4v) is 4.03. The zero-order chi connectivity index (χ0) is 24.8. The molecular weight excluding hydrogens is 456 g/mol. The van der Waals surface area contributed by atoms with Gasteiger partial charge in [-0.1, -0.05) is 24.3 Å². The molecule has 8 nitrogen and oxygen atoms in total. The summed E-state index contributed by atoms with van der Waals surface area (Å²) in [6.45, 7) is 3.68. The maximum atomic E-state index is 12.7. The molecule has 0 spiro atoms. The highest BCUT2D eigenvalue weighted by atomic mass is 32.2. The molecule has 0 heterocycles. The second-order valence-corrected chi connectivity index (χ2v) is 8.83. The van der Waals surface area contributed by atoms with E-state index in [-0.39, 0.29) is 17.0 Å². The molecule has 3 aromatic carbocycles. The van der Waals surface area contributed by atoms with Crippen molar-refractivity contribution in [1.29, 1.82) is 0 Å². The molecule has 0 aliphatic rings. The third kappa shape index (κ3) is 6.02. The predicted octanol–water partition coefficient (Wildman–Crippen LogP) is 4.76. The van der Waals surface area contributed by atoms with Gasteiger partial charge in [0.05, 0.1) is 21.9 Å². The van der Waals surface area contributed by atoms with Crippen molar-refractivity contribution in [3.63, 3.8) is 0 Å². The normalized spacial score (nSPS) is 11.4. The van der Waals surface area contributed by atoms with Crippen LogP contribution in [0.2, 0.25) is 0 Å². The van der Waals surface area contributed by atoms with Crippen LogP contribution in [0.4, 0.5) is 11.4 Å². The Morgan fingerprint density at radius 1 is 0.824 bits per heavy atom. The van der Waals surface area contributed by atoms with E-state index in [1.807, 2.05) is 31.2 Å².